The Labute approximate surface area is 403 Å². The molecule has 66 heavy (non-hydrogen) atoms. The molecule has 5 atom stereocenters. The number of rotatable bonds is 44. The highest BCUT2D eigenvalue weighted by molar-refractivity contribution is 5.69. The summed E-state index contributed by atoms with van der Waals surface area (Å²) < 4.78 is 55.7. The van der Waals surface area contributed by atoms with E-state index in [1.165, 1.54) is 103 Å². The molecular weight excluding hydrogens is 841 g/mol. The van der Waals surface area contributed by atoms with Crippen molar-refractivity contribution in [3.8, 4) is 0 Å². The maximum Gasteiger partial charge on any atom is 0.306 e. The molecule has 4 fully saturated rings. The van der Waals surface area contributed by atoms with Gasteiger partial charge >= 0.3 is 11.9 Å². The zero-order valence-electron chi connectivity index (χ0n) is 43.4. The number of carbonyl (C=O) groups excluding carboxylic acids is 2. The van der Waals surface area contributed by atoms with Crippen LogP contribution in [0.15, 0.2) is 0 Å². The number of epoxide rings is 4. The van der Waals surface area contributed by atoms with Crippen LogP contribution >= 0.6 is 0 Å². The lowest BCUT2D eigenvalue weighted by molar-refractivity contribution is -0.153. The van der Waals surface area contributed by atoms with Crippen LogP contribution in [0.2, 0.25) is 0 Å². The van der Waals surface area contributed by atoms with Crippen molar-refractivity contribution in [2.24, 2.45) is 22.2 Å². The van der Waals surface area contributed by atoms with E-state index in [4.69, 9.17) is 47.4 Å². The number of hydrogen-bond acceptors (Lipinski definition) is 12. The molecule has 0 aromatic carbocycles. The average Bonchev–Trinajstić information content (AvgIpc) is 4.06. The van der Waals surface area contributed by atoms with Gasteiger partial charge in [-0.3, -0.25) is 9.59 Å². The smallest absolute Gasteiger partial charge is 0.306 e. The molecule has 0 amide bonds. The first-order valence-corrected chi connectivity index (χ1v) is 27.0. The lowest BCUT2D eigenvalue weighted by Crippen LogP contribution is -2.38. The minimum atomic E-state index is -0.327. The van der Waals surface area contributed by atoms with Crippen LogP contribution in [-0.4, -0.2) is 129 Å². The van der Waals surface area contributed by atoms with Crippen molar-refractivity contribution in [1.29, 1.82) is 0 Å². The molecule has 4 aliphatic rings. The van der Waals surface area contributed by atoms with Crippen LogP contribution in [0.25, 0.3) is 0 Å². The van der Waals surface area contributed by atoms with E-state index < -0.39 is 0 Å². The third kappa shape index (κ3) is 32.4. The summed E-state index contributed by atoms with van der Waals surface area (Å²) in [7, 11) is 0. The highest BCUT2D eigenvalue weighted by Crippen LogP contribution is 2.30. The van der Waals surface area contributed by atoms with Crippen molar-refractivity contribution >= 4 is 11.9 Å². The summed E-state index contributed by atoms with van der Waals surface area (Å²) in [5.74, 6) is 0.0704. The van der Waals surface area contributed by atoms with E-state index in [2.05, 4.69) is 48.5 Å². The van der Waals surface area contributed by atoms with Gasteiger partial charge in [0.15, 0.2) is 0 Å². The Bertz CT molecular complexity index is 1170. The number of ether oxygens (including phenoxy) is 10. The van der Waals surface area contributed by atoms with Crippen LogP contribution in [0.3, 0.4) is 0 Å². The third-order valence-electron chi connectivity index (χ3n) is 13.2. The van der Waals surface area contributed by atoms with E-state index in [1.54, 1.807) is 0 Å². The van der Waals surface area contributed by atoms with Crippen molar-refractivity contribution in [3.05, 3.63) is 0 Å². The number of unbranched alkanes of at least 4 members (excludes halogenated alkanes) is 17. The van der Waals surface area contributed by atoms with Gasteiger partial charge in [-0.25, -0.2) is 0 Å². The van der Waals surface area contributed by atoms with E-state index in [0.717, 1.165) is 58.5 Å². The Hall–Kier alpha value is -1.38. The average molecular weight is 941 g/mol. The van der Waals surface area contributed by atoms with Gasteiger partial charge in [0.1, 0.15) is 37.6 Å². The van der Waals surface area contributed by atoms with Crippen LogP contribution in [0.5, 0.6) is 0 Å². The highest BCUT2D eigenvalue weighted by Gasteiger charge is 2.36. The molecule has 0 aromatic rings. The molecule has 0 aliphatic carbocycles. The van der Waals surface area contributed by atoms with Gasteiger partial charge in [-0.1, -0.05) is 158 Å². The summed E-state index contributed by atoms with van der Waals surface area (Å²) in [6.07, 6.45) is 28.8. The Balaban J connectivity index is 0.000000374. The first-order chi connectivity index (χ1) is 31.9. The van der Waals surface area contributed by atoms with E-state index in [0.29, 0.717) is 84.8 Å². The molecule has 0 aromatic heterocycles. The van der Waals surface area contributed by atoms with E-state index in [-0.39, 0.29) is 52.6 Å². The predicted octanol–water partition coefficient (Wildman–Crippen LogP) is 11.4. The minimum absolute atomic E-state index is 0.0969. The minimum Gasteiger partial charge on any atom is -0.465 e. The normalized spacial score (nSPS) is 21.8. The zero-order valence-corrected chi connectivity index (χ0v) is 43.4. The largest absolute Gasteiger partial charge is 0.465 e. The number of carbonyl (C=O) groups is 2. The summed E-state index contributed by atoms with van der Waals surface area (Å²) in [5.41, 5.74) is -0.426. The maximum atomic E-state index is 12.4. The topological polar surface area (TPSA) is 140 Å². The Morgan fingerprint density at radius 1 is 0.470 bits per heavy atom. The molecule has 12 heteroatoms. The highest BCUT2D eigenvalue weighted by atomic mass is 16.6. The van der Waals surface area contributed by atoms with Crippen LogP contribution < -0.4 is 0 Å². The SMILES string of the molecule is CCC(COCC1CO1)(COCC1CO1)COC(=O)CC(C)CC(C)(C)C.CCCCCCCCCCCCCCCCCCCCC(=O)OCC(CC)(COCC1CO1)COCC1CO1. The first kappa shape index (κ1) is 58.9. The predicted molar refractivity (Wildman–Crippen MR) is 261 cm³/mol. The molecule has 4 heterocycles. The van der Waals surface area contributed by atoms with Crippen molar-refractivity contribution in [3.63, 3.8) is 0 Å². The fourth-order valence-electron chi connectivity index (χ4n) is 8.32. The summed E-state index contributed by atoms with van der Waals surface area (Å²) >= 11 is 0. The molecule has 5 unspecified atom stereocenters. The van der Waals surface area contributed by atoms with Crippen LogP contribution in [0.4, 0.5) is 0 Å². The molecule has 388 valence electrons. The molecule has 0 spiro atoms. The molecule has 4 rings (SSSR count). The molecule has 0 saturated carbocycles. The standard InChI is InChI=1S/C33H62O6.C21H38O6/c1-3-5-6-7-8-9-10-11-12-13-14-15-16-17-18-19-20-21-22-32(34)39-29-33(4-2,27-35-23-30-25-37-30)28-36-24-31-26-38-31;1-6-21(13-23-9-17-11-25-17,14-24-10-18-12-26-18)15-27-19(22)7-16(2)8-20(3,4)5/h30-31H,3-29H2,1-2H3;16-18H,6-15H2,1-5H3. The Morgan fingerprint density at radius 2 is 0.773 bits per heavy atom. The van der Waals surface area contributed by atoms with Crippen molar-refractivity contribution in [2.75, 3.05) is 92.5 Å². The van der Waals surface area contributed by atoms with Gasteiger partial charge < -0.3 is 47.4 Å². The Kier molecular flexibility index (Phi) is 31.1. The summed E-state index contributed by atoms with van der Waals surface area (Å²) in [4.78, 5) is 24.8. The van der Waals surface area contributed by atoms with E-state index in [1.807, 2.05) is 0 Å². The quantitative estimate of drug-likeness (QED) is 0.0326. The molecule has 0 N–H and O–H groups in total. The lowest BCUT2D eigenvalue weighted by atomic mass is 9.84. The lowest BCUT2D eigenvalue weighted by Gasteiger charge is -2.32. The molecular formula is C54H100O12. The monoisotopic (exact) mass is 941 g/mol. The fraction of sp³-hybridized carbons (Fsp3) is 0.963. The summed E-state index contributed by atoms with van der Waals surface area (Å²) in [5, 5.41) is 0. The molecule has 12 nitrogen and oxygen atoms in total. The van der Waals surface area contributed by atoms with Gasteiger partial charge in [0.25, 0.3) is 0 Å². The second kappa shape index (κ2) is 34.8. The summed E-state index contributed by atoms with van der Waals surface area (Å²) in [6, 6.07) is 0. The van der Waals surface area contributed by atoms with Gasteiger partial charge in [-0.05, 0) is 37.0 Å². The van der Waals surface area contributed by atoms with Gasteiger partial charge in [0, 0.05) is 12.8 Å². The molecule has 0 bridgehead atoms. The first-order valence-electron chi connectivity index (χ1n) is 27.0. The van der Waals surface area contributed by atoms with E-state index in [9.17, 15) is 9.59 Å². The van der Waals surface area contributed by atoms with Crippen LogP contribution in [0.1, 0.15) is 196 Å². The molecule has 0 radical (unpaired) electrons. The van der Waals surface area contributed by atoms with Crippen molar-refractivity contribution in [2.45, 2.75) is 221 Å². The van der Waals surface area contributed by atoms with Crippen molar-refractivity contribution < 1.29 is 57.0 Å². The van der Waals surface area contributed by atoms with Gasteiger partial charge in [0.05, 0.1) is 90.1 Å². The van der Waals surface area contributed by atoms with Gasteiger partial charge in [0.2, 0.25) is 0 Å². The molecule has 4 aliphatic heterocycles. The number of esters is 2. The zero-order chi connectivity index (χ0) is 47.8. The van der Waals surface area contributed by atoms with Crippen LogP contribution in [-0.2, 0) is 57.0 Å². The molecule has 4 saturated heterocycles. The Morgan fingerprint density at radius 3 is 1.06 bits per heavy atom. The maximum absolute atomic E-state index is 12.4. The van der Waals surface area contributed by atoms with E-state index >= 15 is 0 Å². The van der Waals surface area contributed by atoms with Gasteiger partial charge in [-0.15, -0.1) is 0 Å². The van der Waals surface area contributed by atoms with Gasteiger partial charge in [-0.2, -0.15) is 0 Å². The summed E-state index contributed by atoms with van der Waals surface area (Å²) in [6.45, 7) is 23.3. The van der Waals surface area contributed by atoms with Crippen molar-refractivity contribution in [1.82, 2.24) is 0 Å². The number of hydrogen-bond donors (Lipinski definition) is 0. The second-order valence-corrected chi connectivity index (χ2v) is 21.7. The fourth-order valence-corrected chi connectivity index (χ4v) is 8.32. The third-order valence-corrected chi connectivity index (χ3v) is 13.2. The second-order valence-electron chi connectivity index (χ2n) is 21.7. The van der Waals surface area contributed by atoms with Crippen LogP contribution in [0, 0.1) is 22.2 Å².